The molecular weight excluding hydrogens is 520 g/mol. The van der Waals surface area contributed by atoms with Gasteiger partial charge in [0.15, 0.2) is 5.58 Å². The van der Waals surface area contributed by atoms with Crippen molar-refractivity contribution in [1.82, 2.24) is 4.72 Å². The van der Waals surface area contributed by atoms with E-state index in [0.717, 1.165) is 31.3 Å². The molecule has 10 nitrogen and oxygen atoms in total. The van der Waals surface area contributed by atoms with Crippen molar-refractivity contribution in [2.24, 2.45) is 5.41 Å². The number of hydrogen-bond donors (Lipinski definition) is 5. The van der Waals surface area contributed by atoms with Crippen LogP contribution in [0.3, 0.4) is 0 Å². The van der Waals surface area contributed by atoms with Crippen molar-refractivity contribution in [1.29, 1.82) is 0 Å². The van der Waals surface area contributed by atoms with Crippen molar-refractivity contribution in [3.05, 3.63) is 48.2 Å². The topological polar surface area (TPSA) is 144 Å². The van der Waals surface area contributed by atoms with Crippen LogP contribution in [0.15, 0.2) is 52.0 Å². The molecule has 1 saturated heterocycles. The van der Waals surface area contributed by atoms with E-state index >= 15 is 0 Å². The molecule has 2 aromatic carbocycles. The summed E-state index contributed by atoms with van der Waals surface area (Å²) in [7, 11) is -3.82. The lowest BCUT2D eigenvalue weighted by Gasteiger charge is -2.35. The van der Waals surface area contributed by atoms with Crippen LogP contribution in [-0.2, 0) is 10.0 Å². The number of sulfonamides is 1. The Bertz CT molecular complexity index is 1470. The number of nitrogens with one attached hydrogen (secondary N) is 3. The van der Waals surface area contributed by atoms with E-state index in [2.05, 4.69) is 20.3 Å². The zero-order valence-corrected chi connectivity index (χ0v) is 23.1. The molecule has 5 N–H and O–H groups in total. The highest BCUT2D eigenvalue weighted by molar-refractivity contribution is 7.89. The van der Waals surface area contributed by atoms with E-state index < -0.39 is 15.6 Å². The molecule has 0 unspecified atom stereocenters. The first-order valence-electron chi connectivity index (χ1n) is 13.3. The number of piperidine rings is 1. The monoisotopic (exact) mass is 556 g/mol. The van der Waals surface area contributed by atoms with E-state index in [0.29, 0.717) is 33.6 Å². The van der Waals surface area contributed by atoms with Gasteiger partial charge in [-0.05, 0) is 81.3 Å². The molecule has 1 amide bonds. The van der Waals surface area contributed by atoms with E-state index in [1.165, 1.54) is 18.9 Å². The summed E-state index contributed by atoms with van der Waals surface area (Å²) in [5.74, 6) is -0.353. The van der Waals surface area contributed by atoms with Gasteiger partial charge in [0.1, 0.15) is 0 Å². The predicted octanol–water partition coefficient (Wildman–Crippen LogP) is 3.52. The Morgan fingerprint density at radius 1 is 1.05 bits per heavy atom. The summed E-state index contributed by atoms with van der Waals surface area (Å²) >= 11 is 0. The molecular formula is C28H36N4O6S. The number of rotatable bonds is 10. The SMILES string of the molecule is CC(C)(CO)Nc1cc(C(=O)Nc2ccc(S(=O)(=O)NCCO)cc2N2CCC3(CC2)CC3)cc2ccoc12. The number of carbonyl (C=O) groups is 1. The number of carbonyl (C=O) groups excluding carboxylic acids is 1. The number of hydrogen-bond acceptors (Lipinski definition) is 8. The second kappa shape index (κ2) is 10.5. The standard InChI is InChI=1S/C28H36N4O6S/c1-27(2,18-34)31-23-16-20(15-19-5-14-38-25(19)23)26(35)30-22-4-3-21(39(36,37)29-10-13-33)17-24(22)32-11-8-28(6-7-28)9-12-32/h3-5,14-17,29,31,33-34H,6-13,18H2,1-2H3,(H,30,35). The van der Waals surface area contributed by atoms with Gasteiger partial charge >= 0.3 is 0 Å². The highest BCUT2D eigenvalue weighted by Gasteiger charge is 2.44. The average Bonchev–Trinajstić information content (AvgIpc) is 3.48. The zero-order chi connectivity index (χ0) is 27.8. The fourth-order valence-electron chi connectivity index (χ4n) is 5.11. The van der Waals surface area contributed by atoms with Crippen molar-refractivity contribution in [3.8, 4) is 0 Å². The summed E-state index contributed by atoms with van der Waals surface area (Å²) in [6, 6.07) is 9.87. The molecule has 0 radical (unpaired) electrons. The highest BCUT2D eigenvalue weighted by Crippen LogP contribution is 2.54. The molecule has 11 heteroatoms. The lowest BCUT2D eigenvalue weighted by atomic mass is 9.93. The van der Waals surface area contributed by atoms with Crippen molar-refractivity contribution in [3.63, 3.8) is 0 Å². The van der Waals surface area contributed by atoms with E-state index in [1.807, 2.05) is 13.8 Å². The normalized spacial score (nSPS) is 17.0. The van der Waals surface area contributed by atoms with Crippen LogP contribution in [0.1, 0.15) is 49.9 Å². The number of nitrogens with zero attached hydrogens (tertiary/aromatic N) is 1. The third-order valence-electron chi connectivity index (χ3n) is 7.74. The van der Waals surface area contributed by atoms with Gasteiger partial charge < -0.3 is 30.2 Å². The van der Waals surface area contributed by atoms with Crippen LogP contribution in [0.5, 0.6) is 0 Å². The fourth-order valence-corrected chi connectivity index (χ4v) is 6.15. The number of amides is 1. The lowest BCUT2D eigenvalue weighted by Crippen LogP contribution is -2.35. The summed E-state index contributed by atoms with van der Waals surface area (Å²) in [5.41, 5.74) is 2.52. The number of aliphatic hydroxyl groups is 2. The summed E-state index contributed by atoms with van der Waals surface area (Å²) in [4.78, 5) is 15.8. The van der Waals surface area contributed by atoms with Gasteiger partial charge in [0.2, 0.25) is 10.0 Å². The van der Waals surface area contributed by atoms with Crippen LogP contribution in [-0.4, -0.2) is 62.9 Å². The summed E-state index contributed by atoms with van der Waals surface area (Å²) < 4.78 is 33.6. The zero-order valence-electron chi connectivity index (χ0n) is 22.3. The number of aliphatic hydroxyl groups excluding tert-OH is 2. The van der Waals surface area contributed by atoms with Crippen LogP contribution >= 0.6 is 0 Å². The molecule has 2 aliphatic rings. The van der Waals surface area contributed by atoms with Gasteiger partial charge in [0.05, 0.1) is 47.0 Å². The van der Waals surface area contributed by atoms with Crippen LogP contribution in [0.4, 0.5) is 17.1 Å². The van der Waals surface area contributed by atoms with Crippen molar-refractivity contribution < 1.29 is 27.8 Å². The number of anilines is 3. The molecule has 210 valence electrons. The number of furan rings is 1. The van der Waals surface area contributed by atoms with Gasteiger partial charge in [-0.2, -0.15) is 0 Å². The quantitative estimate of drug-likeness (QED) is 0.255. The van der Waals surface area contributed by atoms with Gasteiger partial charge in [0.25, 0.3) is 5.91 Å². The molecule has 1 aliphatic heterocycles. The first-order valence-corrected chi connectivity index (χ1v) is 14.7. The Morgan fingerprint density at radius 3 is 2.46 bits per heavy atom. The maximum absolute atomic E-state index is 13.5. The third kappa shape index (κ3) is 5.91. The molecule has 2 heterocycles. The van der Waals surface area contributed by atoms with Gasteiger partial charge in [-0.1, -0.05) is 0 Å². The van der Waals surface area contributed by atoms with Crippen LogP contribution in [0.2, 0.25) is 0 Å². The Morgan fingerprint density at radius 2 is 1.79 bits per heavy atom. The van der Waals surface area contributed by atoms with Gasteiger partial charge in [-0.25, -0.2) is 13.1 Å². The largest absolute Gasteiger partial charge is 0.462 e. The van der Waals surface area contributed by atoms with Crippen molar-refractivity contribution >= 4 is 44.0 Å². The first-order chi connectivity index (χ1) is 18.5. The fraction of sp³-hybridized carbons (Fsp3) is 0.464. The smallest absolute Gasteiger partial charge is 0.255 e. The summed E-state index contributed by atoms with van der Waals surface area (Å²) in [6.07, 6.45) is 6.10. The van der Waals surface area contributed by atoms with E-state index in [1.54, 1.807) is 36.6 Å². The third-order valence-corrected chi connectivity index (χ3v) is 9.19. The minimum absolute atomic E-state index is 0.0770. The molecule has 1 spiro atoms. The van der Waals surface area contributed by atoms with Gasteiger partial charge in [0, 0.05) is 30.6 Å². The Kier molecular flexibility index (Phi) is 7.36. The molecule has 1 saturated carbocycles. The predicted molar refractivity (Wildman–Crippen MR) is 151 cm³/mol. The molecule has 39 heavy (non-hydrogen) atoms. The number of benzene rings is 2. The molecule has 5 rings (SSSR count). The maximum Gasteiger partial charge on any atom is 0.255 e. The number of fused-ring (bicyclic) bond motifs is 1. The van der Waals surface area contributed by atoms with Crippen LogP contribution in [0, 0.1) is 5.41 Å². The summed E-state index contributed by atoms with van der Waals surface area (Å²) in [6.45, 7) is 4.74. The highest BCUT2D eigenvalue weighted by atomic mass is 32.2. The maximum atomic E-state index is 13.5. The van der Waals surface area contributed by atoms with E-state index in [-0.39, 0.29) is 30.6 Å². The second-order valence-electron chi connectivity index (χ2n) is 11.3. The summed E-state index contributed by atoms with van der Waals surface area (Å²) in [5, 5.41) is 25.8. The van der Waals surface area contributed by atoms with Gasteiger partial charge in [-0.15, -0.1) is 0 Å². The molecule has 1 aromatic heterocycles. The Balaban J connectivity index is 1.47. The minimum Gasteiger partial charge on any atom is -0.462 e. The van der Waals surface area contributed by atoms with Crippen molar-refractivity contribution in [2.75, 3.05) is 48.4 Å². The Labute approximate surface area is 228 Å². The van der Waals surface area contributed by atoms with E-state index in [9.17, 15) is 18.3 Å². The second-order valence-corrected chi connectivity index (χ2v) is 13.0. The van der Waals surface area contributed by atoms with Crippen LogP contribution < -0.4 is 20.3 Å². The van der Waals surface area contributed by atoms with Crippen molar-refractivity contribution in [2.45, 2.75) is 50.0 Å². The molecule has 3 aromatic rings. The average molecular weight is 557 g/mol. The lowest BCUT2D eigenvalue weighted by molar-refractivity contribution is 0.102. The first kappa shape index (κ1) is 27.4. The molecule has 0 bridgehead atoms. The minimum atomic E-state index is -3.82. The van der Waals surface area contributed by atoms with Gasteiger partial charge in [-0.3, -0.25) is 4.79 Å². The van der Waals surface area contributed by atoms with E-state index in [4.69, 9.17) is 9.52 Å². The molecule has 2 fully saturated rings. The molecule has 1 aliphatic carbocycles. The van der Waals surface area contributed by atoms with Crippen LogP contribution in [0.25, 0.3) is 11.0 Å². The Hall–Kier alpha value is -3.12. The molecule has 0 atom stereocenters.